The van der Waals surface area contributed by atoms with E-state index in [1.165, 1.54) is 11.3 Å². The van der Waals surface area contributed by atoms with Crippen LogP contribution in [-0.4, -0.2) is 31.6 Å². The standard InChI is InChI=1S/C21H24N2O4S/c24-19(2-1-8-22-21(25)16-7-11-28-13-16)23-20(14-3-4-14)15-5-6-17-18(12-15)27-10-9-26-17/h5-7,11-14,20H,1-4,8-10H2,(H,22,25)(H,23,24). The Labute approximate surface area is 168 Å². The molecule has 1 aromatic carbocycles. The number of ether oxygens (including phenoxy) is 2. The molecule has 2 N–H and O–H groups in total. The molecular weight excluding hydrogens is 376 g/mol. The summed E-state index contributed by atoms with van der Waals surface area (Å²) >= 11 is 1.49. The molecule has 1 aromatic heterocycles. The highest BCUT2D eigenvalue weighted by molar-refractivity contribution is 7.08. The fourth-order valence-electron chi connectivity index (χ4n) is 3.35. The predicted octanol–water partition coefficient (Wildman–Crippen LogP) is 3.30. The number of benzene rings is 1. The molecular formula is C21H24N2O4S. The molecule has 148 valence electrons. The van der Waals surface area contributed by atoms with Gasteiger partial charge >= 0.3 is 0 Å². The second-order valence-corrected chi connectivity index (χ2v) is 7.94. The van der Waals surface area contributed by atoms with Gasteiger partial charge in [0.15, 0.2) is 11.5 Å². The van der Waals surface area contributed by atoms with Crippen molar-refractivity contribution in [1.82, 2.24) is 10.6 Å². The van der Waals surface area contributed by atoms with E-state index in [9.17, 15) is 9.59 Å². The van der Waals surface area contributed by atoms with Crippen LogP contribution in [0.3, 0.4) is 0 Å². The summed E-state index contributed by atoms with van der Waals surface area (Å²) in [5.74, 6) is 1.91. The lowest BCUT2D eigenvalue weighted by Crippen LogP contribution is -2.31. The molecule has 2 amide bonds. The second kappa shape index (κ2) is 8.65. The van der Waals surface area contributed by atoms with E-state index in [4.69, 9.17) is 9.47 Å². The van der Waals surface area contributed by atoms with E-state index >= 15 is 0 Å². The number of carbonyl (C=O) groups excluding carboxylic acids is 2. The molecule has 2 aliphatic rings. The molecule has 1 aliphatic heterocycles. The van der Waals surface area contributed by atoms with Gasteiger partial charge in [-0.05, 0) is 54.3 Å². The zero-order chi connectivity index (χ0) is 19.3. The second-order valence-electron chi connectivity index (χ2n) is 7.16. The molecule has 1 saturated carbocycles. The van der Waals surface area contributed by atoms with Gasteiger partial charge in [-0.3, -0.25) is 9.59 Å². The zero-order valence-electron chi connectivity index (χ0n) is 15.6. The van der Waals surface area contributed by atoms with Crippen LogP contribution in [0, 0.1) is 5.92 Å². The molecule has 1 unspecified atom stereocenters. The Balaban J connectivity index is 1.28. The summed E-state index contributed by atoms with van der Waals surface area (Å²) < 4.78 is 11.3. The van der Waals surface area contributed by atoms with Gasteiger partial charge in [0.1, 0.15) is 13.2 Å². The number of hydrogen-bond donors (Lipinski definition) is 2. The van der Waals surface area contributed by atoms with E-state index in [1.807, 2.05) is 29.0 Å². The van der Waals surface area contributed by atoms with Crippen molar-refractivity contribution in [3.05, 3.63) is 46.2 Å². The lowest BCUT2D eigenvalue weighted by atomic mass is 10.0. The molecule has 0 spiro atoms. The normalized spacial score (nSPS) is 16.3. The maximum absolute atomic E-state index is 12.4. The Kier molecular flexibility index (Phi) is 5.81. The highest BCUT2D eigenvalue weighted by atomic mass is 32.1. The van der Waals surface area contributed by atoms with Crippen LogP contribution >= 0.6 is 11.3 Å². The van der Waals surface area contributed by atoms with E-state index < -0.39 is 0 Å². The topological polar surface area (TPSA) is 76.7 Å². The molecule has 0 radical (unpaired) electrons. The highest BCUT2D eigenvalue weighted by Gasteiger charge is 2.34. The molecule has 0 saturated heterocycles. The van der Waals surface area contributed by atoms with Gasteiger partial charge in [0.2, 0.25) is 5.91 Å². The summed E-state index contributed by atoms with van der Waals surface area (Å²) in [6.07, 6.45) is 3.24. The van der Waals surface area contributed by atoms with Gasteiger partial charge in [0.05, 0.1) is 6.04 Å². The van der Waals surface area contributed by atoms with Crippen LogP contribution in [0.2, 0.25) is 0 Å². The first-order valence-electron chi connectivity index (χ1n) is 9.70. The average Bonchev–Trinajstić information content (AvgIpc) is 3.41. The van der Waals surface area contributed by atoms with Crippen molar-refractivity contribution in [3.63, 3.8) is 0 Å². The van der Waals surface area contributed by atoms with Gasteiger partial charge in [-0.1, -0.05) is 6.07 Å². The van der Waals surface area contributed by atoms with Crippen LogP contribution in [0.5, 0.6) is 11.5 Å². The number of amides is 2. The lowest BCUT2D eigenvalue weighted by molar-refractivity contribution is -0.122. The van der Waals surface area contributed by atoms with E-state index in [0.29, 0.717) is 44.1 Å². The molecule has 0 bridgehead atoms. The molecule has 1 aliphatic carbocycles. The van der Waals surface area contributed by atoms with Crippen LogP contribution in [0.1, 0.15) is 47.6 Å². The third-order valence-corrected chi connectivity index (χ3v) is 5.67. The maximum Gasteiger partial charge on any atom is 0.252 e. The SMILES string of the molecule is O=C(CCCNC(=O)c1ccsc1)NC(c1ccc2c(c1)OCCO2)C1CC1. The Morgan fingerprint density at radius 2 is 1.96 bits per heavy atom. The summed E-state index contributed by atoms with van der Waals surface area (Å²) in [5, 5.41) is 9.71. The predicted molar refractivity (Wildman–Crippen MR) is 107 cm³/mol. The van der Waals surface area contributed by atoms with E-state index in [2.05, 4.69) is 10.6 Å². The number of carbonyl (C=O) groups is 2. The first kappa shape index (κ1) is 18.8. The Morgan fingerprint density at radius 3 is 2.71 bits per heavy atom. The molecule has 28 heavy (non-hydrogen) atoms. The largest absolute Gasteiger partial charge is 0.486 e. The van der Waals surface area contributed by atoms with E-state index in [-0.39, 0.29) is 17.9 Å². The first-order valence-corrected chi connectivity index (χ1v) is 10.6. The monoisotopic (exact) mass is 400 g/mol. The molecule has 1 fully saturated rings. The van der Waals surface area contributed by atoms with Gasteiger partial charge in [0.25, 0.3) is 5.91 Å². The van der Waals surface area contributed by atoms with Crippen molar-refractivity contribution in [2.75, 3.05) is 19.8 Å². The minimum absolute atomic E-state index is 0.00345. The maximum atomic E-state index is 12.4. The summed E-state index contributed by atoms with van der Waals surface area (Å²) in [7, 11) is 0. The van der Waals surface area contributed by atoms with Gasteiger partial charge in [-0.2, -0.15) is 11.3 Å². The number of hydrogen-bond acceptors (Lipinski definition) is 5. The van der Waals surface area contributed by atoms with Crippen LogP contribution in [-0.2, 0) is 4.79 Å². The summed E-state index contributed by atoms with van der Waals surface area (Å²) in [6.45, 7) is 1.60. The summed E-state index contributed by atoms with van der Waals surface area (Å²) in [5.41, 5.74) is 1.73. The van der Waals surface area contributed by atoms with Crippen molar-refractivity contribution in [3.8, 4) is 11.5 Å². The number of thiophene rings is 1. The third-order valence-electron chi connectivity index (χ3n) is 4.98. The first-order chi connectivity index (χ1) is 13.7. The minimum atomic E-state index is -0.0891. The minimum Gasteiger partial charge on any atom is -0.486 e. The zero-order valence-corrected chi connectivity index (χ0v) is 16.4. The van der Waals surface area contributed by atoms with Gasteiger partial charge in [-0.15, -0.1) is 0 Å². The number of nitrogens with one attached hydrogen (secondary N) is 2. The Hall–Kier alpha value is -2.54. The van der Waals surface area contributed by atoms with Crippen molar-refractivity contribution >= 4 is 23.2 Å². The van der Waals surface area contributed by atoms with Crippen LogP contribution in [0.4, 0.5) is 0 Å². The molecule has 6 nitrogen and oxygen atoms in total. The molecule has 1 atom stereocenters. The van der Waals surface area contributed by atoms with Crippen LogP contribution in [0.15, 0.2) is 35.0 Å². The quantitative estimate of drug-likeness (QED) is 0.667. The highest BCUT2D eigenvalue weighted by Crippen LogP contribution is 2.43. The van der Waals surface area contributed by atoms with Crippen molar-refractivity contribution < 1.29 is 19.1 Å². The molecule has 4 rings (SSSR count). The number of rotatable bonds is 8. The average molecular weight is 401 g/mol. The molecule has 7 heteroatoms. The fourth-order valence-corrected chi connectivity index (χ4v) is 3.98. The lowest BCUT2D eigenvalue weighted by Gasteiger charge is -2.23. The van der Waals surface area contributed by atoms with Crippen LogP contribution in [0.25, 0.3) is 0 Å². The van der Waals surface area contributed by atoms with E-state index in [1.54, 1.807) is 6.07 Å². The third kappa shape index (κ3) is 4.65. The van der Waals surface area contributed by atoms with Gasteiger partial charge in [0, 0.05) is 23.9 Å². The summed E-state index contributed by atoms with van der Waals surface area (Å²) in [6, 6.07) is 7.71. The van der Waals surface area contributed by atoms with Crippen molar-refractivity contribution in [2.45, 2.75) is 31.7 Å². The fraction of sp³-hybridized carbons (Fsp3) is 0.429. The smallest absolute Gasteiger partial charge is 0.252 e. The molecule has 2 aromatic rings. The Bertz CT molecular complexity index is 833. The summed E-state index contributed by atoms with van der Waals surface area (Å²) in [4.78, 5) is 24.3. The number of fused-ring (bicyclic) bond motifs is 1. The Morgan fingerprint density at radius 1 is 1.14 bits per heavy atom. The van der Waals surface area contributed by atoms with E-state index in [0.717, 1.165) is 29.9 Å². The van der Waals surface area contributed by atoms with Crippen molar-refractivity contribution in [2.24, 2.45) is 5.92 Å². The van der Waals surface area contributed by atoms with Crippen molar-refractivity contribution in [1.29, 1.82) is 0 Å². The van der Waals surface area contributed by atoms with Gasteiger partial charge < -0.3 is 20.1 Å². The van der Waals surface area contributed by atoms with Gasteiger partial charge in [-0.25, -0.2) is 0 Å². The molecule has 2 heterocycles. The van der Waals surface area contributed by atoms with Crippen LogP contribution < -0.4 is 20.1 Å².